The number of benzene rings is 1. The van der Waals surface area contributed by atoms with Gasteiger partial charge in [-0.2, -0.15) is 0 Å². The van der Waals surface area contributed by atoms with Crippen molar-refractivity contribution in [2.24, 2.45) is 0 Å². The standard InChI is InChI=1S/C18H16N2O3S3/c1-2-23-13-7-5-12(6-8-13)19-16(21)11-20-17(22)15(26-18(20)24)10-14-4-3-9-25-14/h3-10H,2,11H2,1H3,(H,19,21). The van der Waals surface area contributed by atoms with Gasteiger partial charge >= 0.3 is 0 Å². The first-order chi connectivity index (χ1) is 12.6. The van der Waals surface area contributed by atoms with Gasteiger partial charge in [-0.25, -0.2) is 0 Å². The summed E-state index contributed by atoms with van der Waals surface area (Å²) in [5, 5.41) is 4.71. The number of carbonyl (C=O) groups is 2. The maximum absolute atomic E-state index is 12.5. The number of amides is 2. The van der Waals surface area contributed by atoms with Crippen molar-refractivity contribution in [3.05, 3.63) is 51.6 Å². The van der Waals surface area contributed by atoms with Crippen LogP contribution in [-0.2, 0) is 9.59 Å². The van der Waals surface area contributed by atoms with Crippen LogP contribution in [-0.4, -0.2) is 34.2 Å². The Balaban J connectivity index is 1.62. The van der Waals surface area contributed by atoms with Crippen LogP contribution in [0.25, 0.3) is 6.08 Å². The van der Waals surface area contributed by atoms with Gasteiger partial charge in [-0.05, 0) is 48.7 Å². The maximum atomic E-state index is 12.5. The monoisotopic (exact) mass is 404 g/mol. The van der Waals surface area contributed by atoms with Crippen LogP contribution < -0.4 is 10.1 Å². The average Bonchev–Trinajstić information content (AvgIpc) is 3.21. The average molecular weight is 405 g/mol. The van der Waals surface area contributed by atoms with E-state index in [-0.39, 0.29) is 18.4 Å². The zero-order valence-electron chi connectivity index (χ0n) is 13.9. The molecule has 1 saturated heterocycles. The Bertz CT molecular complexity index is 845. The molecule has 134 valence electrons. The number of hydrogen-bond donors (Lipinski definition) is 1. The largest absolute Gasteiger partial charge is 0.494 e. The van der Waals surface area contributed by atoms with Crippen molar-refractivity contribution in [3.63, 3.8) is 0 Å². The molecule has 0 bridgehead atoms. The molecule has 3 rings (SSSR count). The summed E-state index contributed by atoms with van der Waals surface area (Å²) in [5.41, 5.74) is 0.637. The Kier molecular flexibility index (Phi) is 6.08. The molecule has 1 aliphatic rings. The Labute approximate surface area is 165 Å². The highest BCUT2D eigenvalue weighted by molar-refractivity contribution is 8.26. The number of anilines is 1. The van der Waals surface area contributed by atoms with Crippen LogP contribution in [0.3, 0.4) is 0 Å². The molecule has 2 amide bonds. The van der Waals surface area contributed by atoms with Crippen molar-refractivity contribution >= 4 is 63.2 Å². The number of thiocarbonyl (C=S) groups is 1. The van der Waals surface area contributed by atoms with Crippen molar-refractivity contribution < 1.29 is 14.3 Å². The summed E-state index contributed by atoms with van der Waals surface area (Å²) in [6, 6.07) is 10.9. The molecule has 1 aromatic heterocycles. The number of ether oxygens (including phenoxy) is 1. The molecule has 2 aromatic rings. The van der Waals surface area contributed by atoms with Crippen LogP contribution >= 0.6 is 35.3 Å². The summed E-state index contributed by atoms with van der Waals surface area (Å²) in [7, 11) is 0. The predicted molar refractivity (Wildman–Crippen MR) is 110 cm³/mol. The smallest absolute Gasteiger partial charge is 0.266 e. The molecule has 0 radical (unpaired) electrons. The lowest BCUT2D eigenvalue weighted by Crippen LogP contribution is -2.36. The maximum Gasteiger partial charge on any atom is 0.266 e. The van der Waals surface area contributed by atoms with Gasteiger partial charge in [0.2, 0.25) is 5.91 Å². The van der Waals surface area contributed by atoms with Crippen LogP contribution in [0.15, 0.2) is 46.7 Å². The lowest BCUT2D eigenvalue weighted by molar-refractivity contribution is -0.126. The highest BCUT2D eigenvalue weighted by Crippen LogP contribution is 2.33. The number of nitrogens with zero attached hydrogens (tertiary/aromatic N) is 1. The van der Waals surface area contributed by atoms with E-state index in [4.69, 9.17) is 17.0 Å². The van der Waals surface area contributed by atoms with Gasteiger partial charge in [0.1, 0.15) is 16.6 Å². The van der Waals surface area contributed by atoms with E-state index in [0.717, 1.165) is 10.6 Å². The minimum atomic E-state index is -0.303. The highest BCUT2D eigenvalue weighted by Gasteiger charge is 2.33. The number of carbonyl (C=O) groups excluding carboxylic acids is 2. The van der Waals surface area contributed by atoms with E-state index in [1.165, 1.54) is 16.7 Å². The molecule has 0 saturated carbocycles. The minimum Gasteiger partial charge on any atom is -0.494 e. The molecule has 0 atom stereocenters. The third kappa shape index (κ3) is 4.51. The summed E-state index contributed by atoms with van der Waals surface area (Å²) >= 11 is 8.01. The van der Waals surface area contributed by atoms with Crippen LogP contribution in [0.4, 0.5) is 5.69 Å². The minimum absolute atomic E-state index is 0.111. The topological polar surface area (TPSA) is 58.6 Å². The summed E-state index contributed by atoms with van der Waals surface area (Å²) in [6.45, 7) is 2.38. The first kappa shape index (κ1) is 18.6. The third-order valence-electron chi connectivity index (χ3n) is 3.44. The number of rotatable bonds is 6. The lowest BCUT2D eigenvalue weighted by atomic mass is 10.3. The van der Waals surface area contributed by atoms with E-state index < -0.39 is 0 Å². The molecular weight excluding hydrogens is 388 g/mol. The van der Waals surface area contributed by atoms with E-state index in [1.807, 2.05) is 24.4 Å². The van der Waals surface area contributed by atoms with E-state index in [9.17, 15) is 9.59 Å². The summed E-state index contributed by atoms with van der Waals surface area (Å²) in [5.74, 6) is 0.194. The van der Waals surface area contributed by atoms with Gasteiger partial charge in [-0.3, -0.25) is 14.5 Å². The number of thiophene rings is 1. The van der Waals surface area contributed by atoms with E-state index in [2.05, 4.69) is 5.32 Å². The zero-order valence-corrected chi connectivity index (χ0v) is 16.4. The van der Waals surface area contributed by atoms with Crippen molar-refractivity contribution in [2.45, 2.75) is 6.92 Å². The zero-order chi connectivity index (χ0) is 18.5. The quantitative estimate of drug-likeness (QED) is 0.583. The van der Waals surface area contributed by atoms with Gasteiger partial charge in [-0.1, -0.05) is 30.0 Å². The van der Waals surface area contributed by atoms with Crippen LogP contribution in [0, 0.1) is 0 Å². The first-order valence-electron chi connectivity index (χ1n) is 7.88. The molecule has 26 heavy (non-hydrogen) atoms. The summed E-state index contributed by atoms with van der Waals surface area (Å²) < 4.78 is 5.75. The van der Waals surface area contributed by atoms with E-state index in [0.29, 0.717) is 21.5 Å². The normalized spacial score (nSPS) is 15.6. The number of nitrogens with one attached hydrogen (secondary N) is 1. The summed E-state index contributed by atoms with van der Waals surface area (Å²) in [4.78, 5) is 27.6. The SMILES string of the molecule is CCOc1ccc(NC(=O)CN2C(=O)C(=Cc3cccs3)SC2=S)cc1. The third-order valence-corrected chi connectivity index (χ3v) is 5.64. The van der Waals surface area contributed by atoms with Crippen molar-refractivity contribution in [1.29, 1.82) is 0 Å². The van der Waals surface area contributed by atoms with Crippen molar-refractivity contribution in [1.82, 2.24) is 4.90 Å². The predicted octanol–water partition coefficient (Wildman–Crippen LogP) is 3.99. The molecule has 0 aliphatic carbocycles. The first-order valence-corrected chi connectivity index (χ1v) is 9.99. The van der Waals surface area contributed by atoms with E-state index in [1.54, 1.807) is 41.7 Å². The fourth-order valence-corrected chi connectivity index (χ4v) is 4.26. The second-order valence-electron chi connectivity index (χ2n) is 5.29. The lowest BCUT2D eigenvalue weighted by Gasteiger charge is -2.14. The molecule has 1 aromatic carbocycles. The van der Waals surface area contributed by atoms with Crippen LogP contribution in [0.1, 0.15) is 11.8 Å². The van der Waals surface area contributed by atoms with Gasteiger partial charge in [0.05, 0.1) is 11.5 Å². The van der Waals surface area contributed by atoms with Crippen LogP contribution in [0.5, 0.6) is 5.75 Å². The second-order valence-corrected chi connectivity index (χ2v) is 7.94. The van der Waals surface area contributed by atoms with E-state index >= 15 is 0 Å². The molecule has 5 nitrogen and oxygen atoms in total. The Hall–Kier alpha value is -2.16. The second kappa shape index (κ2) is 8.48. The Morgan fingerprint density at radius 1 is 1.31 bits per heavy atom. The molecule has 0 spiro atoms. The molecule has 8 heteroatoms. The Morgan fingerprint density at radius 3 is 2.73 bits per heavy atom. The molecule has 1 fully saturated rings. The van der Waals surface area contributed by atoms with Gasteiger partial charge in [-0.15, -0.1) is 11.3 Å². The fraction of sp³-hybridized carbons (Fsp3) is 0.167. The fourth-order valence-electron chi connectivity index (χ4n) is 2.28. The molecular formula is C18H16N2O3S3. The van der Waals surface area contributed by atoms with Crippen molar-refractivity contribution in [3.8, 4) is 5.75 Å². The van der Waals surface area contributed by atoms with Gasteiger partial charge in [0.15, 0.2) is 0 Å². The number of thioether (sulfide) groups is 1. The van der Waals surface area contributed by atoms with Gasteiger partial charge in [0, 0.05) is 10.6 Å². The van der Waals surface area contributed by atoms with Crippen LogP contribution in [0.2, 0.25) is 0 Å². The molecule has 1 aliphatic heterocycles. The van der Waals surface area contributed by atoms with Gasteiger partial charge < -0.3 is 10.1 Å². The molecule has 1 N–H and O–H groups in total. The Morgan fingerprint density at radius 2 is 2.08 bits per heavy atom. The highest BCUT2D eigenvalue weighted by atomic mass is 32.2. The summed E-state index contributed by atoms with van der Waals surface area (Å²) in [6.07, 6.45) is 1.80. The van der Waals surface area contributed by atoms with Gasteiger partial charge in [0.25, 0.3) is 5.91 Å². The molecule has 0 unspecified atom stereocenters. The molecule has 2 heterocycles. The van der Waals surface area contributed by atoms with Crippen molar-refractivity contribution in [2.75, 3.05) is 18.5 Å². The number of hydrogen-bond acceptors (Lipinski definition) is 6.